The minimum absolute atomic E-state index is 0.113. The number of ether oxygens (including phenoxy) is 2. The Labute approximate surface area is 188 Å². The number of imidazole rings is 1. The lowest BCUT2D eigenvalue weighted by Crippen LogP contribution is -2.36. The van der Waals surface area contributed by atoms with Crippen molar-refractivity contribution < 1.29 is 14.6 Å². The number of benzene rings is 1. The van der Waals surface area contributed by atoms with Crippen LogP contribution < -0.4 is 9.64 Å². The summed E-state index contributed by atoms with van der Waals surface area (Å²) in [7, 11) is 1.57. The maximum Gasteiger partial charge on any atom is 0.139 e. The average Bonchev–Trinajstić information content (AvgIpc) is 3.22. The molecule has 1 N–H and O–H groups in total. The molecular weight excluding hydrogens is 414 g/mol. The maximum absolute atomic E-state index is 9.89. The van der Waals surface area contributed by atoms with Gasteiger partial charge in [-0.25, -0.2) is 4.98 Å². The maximum atomic E-state index is 9.89. The van der Waals surface area contributed by atoms with E-state index in [1.165, 1.54) is 30.5 Å². The van der Waals surface area contributed by atoms with Crippen LogP contribution in [-0.2, 0) is 17.8 Å². The van der Waals surface area contributed by atoms with Crippen molar-refractivity contribution in [2.24, 2.45) is 0 Å². The lowest BCUT2D eigenvalue weighted by atomic mass is 10.1. The Morgan fingerprint density at radius 3 is 2.65 bits per heavy atom. The molecule has 4 rings (SSSR count). The van der Waals surface area contributed by atoms with Crippen molar-refractivity contribution in [2.75, 3.05) is 38.3 Å². The molecule has 1 saturated heterocycles. The molecule has 0 saturated carbocycles. The quantitative estimate of drug-likeness (QED) is 0.510. The molecule has 0 aliphatic carbocycles. The molecule has 1 aliphatic rings. The Hall–Kier alpha value is -2.28. The van der Waals surface area contributed by atoms with Gasteiger partial charge in [0.05, 0.1) is 37.6 Å². The number of aliphatic hydroxyl groups excluding tert-OH is 1. The molecular formula is C24H30ClN3O3. The number of halogens is 1. The molecule has 0 atom stereocenters. The molecule has 0 bridgehead atoms. The fraction of sp³-hybridized carbons (Fsp3) is 0.458. The Bertz CT molecular complexity index is 1040. The van der Waals surface area contributed by atoms with Crippen LogP contribution in [0.5, 0.6) is 5.75 Å². The smallest absolute Gasteiger partial charge is 0.139 e. The van der Waals surface area contributed by atoms with Gasteiger partial charge in [-0.1, -0.05) is 31.4 Å². The number of morpholine rings is 1. The number of anilines is 1. The summed E-state index contributed by atoms with van der Waals surface area (Å²) in [6, 6.07) is 5.77. The Morgan fingerprint density at radius 2 is 1.94 bits per heavy atom. The third-order valence-corrected chi connectivity index (χ3v) is 6.17. The number of nitrogens with zero attached hydrogens (tertiary/aromatic N) is 3. The van der Waals surface area contributed by atoms with Crippen LogP contribution in [0.1, 0.15) is 37.3 Å². The largest absolute Gasteiger partial charge is 0.495 e. The van der Waals surface area contributed by atoms with E-state index in [-0.39, 0.29) is 6.61 Å². The molecule has 2 aromatic heterocycles. The van der Waals surface area contributed by atoms with Crippen molar-refractivity contribution in [3.8, 4) is 17.0 Å². The summed E-state index contributed by atoms with van der Waals surface area (Å²) >= 11 is 6.37. The van der Waals surface area contributed by atoms with E-state index >= 15 is 0 Å². The topological polar surface area (TPSA) is 59.2 Å². The molecule has 0 spiro atoms. The molecule has 7 heteroatoms. The summed E-state index contributed by atoms with van der Waals surface area (Å²) in [5, 5.41) is 10.4. The summed E-state index contributed by atoms with van der Waals surface area (Å²) in [4.78, 5) is 7.28. The molecule has 31 heavy (non-hydrogen) atoms. The molecule has 0 unspecified atom stereocenters. The second kappa shape index (κ2) is 9.90. The zero-order chi connectivity index (χ0) is 21.8. The summed E-state index contributed by atoms with van der Waals surface area (Å²) in [5.74, 6) is 0.547. The molecule has 0 radical (unpaired) electrons. The zero-order valence-electron chi connectivity index (χ0n) is 18.2. The van der Waals surface area contributed by atoms with Gasteiger partial charge in [-0.15, -0.1) is 0 Å². The lowest BCUT2D eigenvalue weighted by molar-refractivity contribution is 0.122. The van der Waals surface area contributed by atoms with Crippen LogP contribution in [0.3, 0.4) is 0 Å². The number of pyridine rings is 1. The van der Waals surface area contributed by atoms with Crippen LogP contribution in [0.4, 0.5) is 5.69 Å². The van der Waals surface area contributed by atoms with Crippen molar-refractivity contribution in [3.05, 3.63) is 46.7 Å². The fourth-order valence-corrected chi connectivity index (χ4v) is 4.42. The molecule has 1 aliphatic heterocycles. The van der Waals surface area contributed by atoms with Gasteiger partial charge in [0.1, 0.15) is 11.4 Å². The van der Waals surface area contributed by atoms with Gasteiger partial charge in [0.2, 0.25) is 0 Å². The number of aliphatic hydroxyl groups is 1. The third kappa shape index (κ3) is 4.66. The van der Waals surface area contributed by atoms with E-state index in [2.05, 4.69) is 28.5 Å². The normalized spacial score (nSPS) is 14.4. The van der Waals surface area contributed by atoms with E-state index in [0.29, 0.717) is 10.8 Å². The van der Waals surface area contributed by atoms with Crippen LogP contribution >= 0.6 is 11.6 Å². The van der Waals surface area contributed by atoms with Crippen molar-refractivity contribution >= 4 is 22.9 Å². The second-order valence-electron chi connectivity index (χ2n) is 7.93. The highest BCUT2D eigenvalue weighted by molar-refractivity contribution is 6.32. The van der Waals surface area contributed by atoms with Crippen molar-refractivity contribution in [3.63, 3.8) is 0 Å². The molecule has 6 nitrogen and oxygen atoms in total. The predicted molar refractivity (Wildman–Crippen MR) is 124 cm³/mol. The van der Waals surface area contributed by atoms with Crippen LogP contribution in [-0.4, -0.2) is 47.9 Å². The minimum atomic E-state index is -0.113. The number of fused-ring (bicyclic) bond motifs is 1. The van der Waals surface area contributed by atoms with E-state index in [0.717, 1.165) is 55.2 Å². The zero-order valence-corrected chi connectivity index (χ0v) is 19.0. The van der Waals surface area contributed by atoms with E-state index in [9.17, 15) is 5.11 Å². The van der Waals surface area contributed by atoms with Gasteiger partial charge in [-0.2, -0.15) is 0 Å². The number of hydrogen-bond acceptors (Lipinski definition) is 5. The van der Waals surface area contributed by atoms with Crippen LogP contribution in [0.15, 0.2) is 30.6 Å². The van der Waals surface area contributed by atoms with E-state index in [1.54, 1.807) is 13.2 Å². The van der Waals surface area contributed by atoms with Crippen LogP contribution in [0, 0.1) is 0 Å². The third-order valence-electron chi connectivity index (χ3n) is 5.88. The first-order chi connectivity index (χ1) is 15.1. The molecule has 166 valence electrons. The molecule has 3 heterocycles. The van der Waals surface area contributed by atoms with Gasteiger partial charge in [-0.05, 0) is 36.1 Å². The van der Waals surface area contributed by atoms with Gasteiger partial charge in [0.25, 0.3) is 0 Å². The van der Waals surface area contributed by atoms with Gasteiger partial charge < -0.3 is 23.9 Å². The molecule has 3 aromatic rings. The number of aromatic nitrogens is 2. The van der Waals surface area contributed by atoms with E-state index < -0.39 is 0 Å². The highest BCUT2D eigenvalue weighted by Gasteiger charge is 2.18. The Kier molecular flexibility index (Phi) is 7.00. The predicted octanol–water partition coefficient (Wildman–Crippen LogP) is 4.72. The summed E-state index contributed by atoms with van der Waals surface area (Å²) in [6.45, 7) is 5.42. The number of methoxy groups -OCH3 is 1. The van der Waals surface area contributed by atoms with Crippen LogP contribution in [0.25, 0.3) is 16.9 Å². The summed E-state index contributed by atoms with van der Waals surface area (Å²) in [5.41, 5.74) is 5.80. The number of rotatable bonds is 8. The highest BCUT2D eigenvalue weighted by atomic mass is 35.5. The standard InChI is InChI=1S/C24H30ClN3O3/c1-3-4-5-6-17-14-28-15-21(19-12-20(25)23(30-2)11-18(19)16-29)26-24(28)13-22(17)27-7-9-31-10-8-27/h11-15,29H,3-10,16H2,1-2H3. The summed E-state index contributed by atoms with van der Waals surface area (Å²) < 4.78 is 12.9. The number of aryl methyl sites for hydroxylation is 1. The average molecular weight is 444 g/mol. The molecule has 1 fully saturated rings. The van der Waals surface area contributed by atoms with Gasteiger partial charge in [0, 0.05) is 42.8 Å². The summed E-state index contributed by atoms with van der Waals surface area (Å²) in [6.07, 6.45) is 8.85. The second-order valence-corrected chi connectivity index (χ2v) is 8.34. The highest BCUT2D eigenvalue weighted by Crippen LogP contribution is 2.34. The minimum Gasteiger partial charge on any atom is -0.495 e. The first-order valence-corrected chi connectivity index (χ1v) is 11.3. The van der Waals surface area contributed by atoms with Gasteiger partial charge >= 0.3 is 0 Å². The first-order valence-electron chi connectivity index (χ1n) is 11.0. The number of unbranched alkanes of at least 4 members (excludes halogenated alkanes) is 2. The molecule has 1 aromatic carbocycles. The van der Waals surface area contributed by atoms with Crippen molar-refractivity contribution in [1.82, 2.24) is 9.38 Å². The SMILES string of the molecule is CCCCCc1cn2cc(-c3cc(Cl)c(OC)cc3CO)nc2cc1N1CCOCC1. The Morgan fingerprint density at radius 1 is 1.13 bits per heavy atom. The van der Waals surface area contributed by atoms with E-state index in [4.69, 9.17) is 26.1 Å². The molecule has 0 amide bonds. The van der Waals surface area contributed by atoms with Crippen molar-refractivity contribution in [2.45, 2.75) is 39.2 Å². The van der Waals surface area contributed by atoms with Crippen molar-refractivity contribution in [1.29, 1.82) is 0 Å². The fourth-order valence-electron chi connectivity index (χ4n) is 4.17. The van der Waals surface area contributed by atoms with E-state index in [1.807, 2.05) is 12.3 Å². The first kappa shape index (κ1) is 21.9. The lowest BCUT2D eigenvalue weighted by Gasteiger charge is -2.30. The monoisotopic (exact) mass is 443 g/mol. The van der Waals surface area contributed by atoms with Gasteiger partial charge in [0.15, 0.2) is 0 Å². The van der Waals surface area contributed by atoms with Crippen LogP contribution in [0.2, 0.25) is 5.02 Å². The van der Waals surface area contributed by atoms with Gasteiger partial charge in [-0.3, -0.25) is 0 Å². The Balaban J connectivity index is 1.77. The number of hydrogen-bond donors (Lipinski definition) is 1.